The predicted octanol–water partition coefficient (Wildman–Crippen LogP) is 2.08. The lowest BCUT2D eigenvalue weighted by atomic mass is 9.91. The summed E-state index contributed by atoms with van der Waals surface area (Å²) < 4.78 is 0. The van der Waals surface area contributed by atoms with E-state index in [9.17, 15) is 15.0 Å². The summed E-state index contributed by atoms with van der Waals surface area (Å²) in [5.74, 6) is -0.240. The highest BCUT2D eigenvalue weighted by molar-refractivity contribution is 5.88. The fourth-order valence-electron chi connectivity index (χ4n) is 2.52. The molecule has 0 spiro atoms. The highest BCUT2D eigenvalue weighted by atomic mass is 16.4. The van der Waals surface area contributed by atoms with Crippen molar-refractivity contribution in [3.8, 4) is 0 Å². The molecule has 5 heteroatoms. The van der Waals surface area contributed by atoms with Crippen molar-refractivity contribution in [1.82, 2.24) is 4.98 Å². The second kappa shape index (κ2) is 6.70. The molecule has 1 aliphatic rings. The Hall–Kier alpha value is -1.62. The van der Waals surface area contributed by atoms with Gasteiger partial charge in [0.25, 0.3) is 0 Å². The van der Waals surface area contributed by atoms with E-state index in [1.54, 1.807) is 12.1 Å². The van der Waals surface area contributed by atoms with Crippen molar-refractivity contribution in [2.24, 2.45) is 0 Å². The van der Waals surface area contributed by atoms with E-state index in [0.29, 0.717) is 18.4 Å². The number of carbonyl (C=O) groups is 1. The van der Waals surface area contributed by atoms with E-state index in [0.717, 1.165) is 31.4 Å². The normalized spacial score (nSPS) is 14.9. The molecule has 1 fully saturated rings. The minimum Gasteiger partial charge on any atom is -0.478 e. The monoisotopic (exact) mass is 278 g/mol. The van der Waals surface area contributed by atoms with E-state index in [2.05, 4.69) is 9.88 Å². The number of nitrogens with zero attached hydrogens (tertiary/aromatic N) is 2. The fraction of sp³-hybridized carbons (Fsp3) is 0.600. The Balaban J connectivity index is 2.33. The van der Waals surface area contributed by atoms with Crippen molar-refractivity contribution in [3.05, 3.63) is 23.4 Å². The van der Waals surface area contributed by atoms with Crippen molar-refractivity contribution < 1.29 is 15.0 Å². The molecule has 0 aromatic carbocycles. The first-order valence-electron chi connectivity index (χ1n) is 7.27. The Morgan fingerprint density at radius 2 is 2.20 bits per heavy atom. The number of anilines is 1. The molecule has 0 amide bonds. The van der Waals surface area contributed by atoms with Gasteiger partial charge in [-0.3, -0.25) is 0 Å². The molecule has 0 bridgehead atoms. The number of carboxylic acid groups (broad SMARTS) is 1. The summed E-state index contributed by atoms with van der Waals surface area (Å²) in [6.45, 7) is 2.61. The van der Waals surface area contributed by atoms with Gasteiger partial charge in [0.15, 0.2) is 0 Å². The quantitative estimate of drug-likeness (QED) is 0.799. The summed E-state index contributed by atoms with van der Waals surface area (Å²) >= 11 is 0. The molecule has 110 valence electrons. The second-order valence-electron chi connectivity index (χ2n) is 5.26. The minimum absolute atomic E-state index is 0.0542. The Morgan fingerprint density at radius 3 is 2.70 bits per heavy atom. The number of aromatic nitrogens is 1. The van der Waals surface area contributed by atoms with Gasteiger partial charge in [-0.05, 0) is 37.8 Å². The van der Waals surface area contributed by atoms with Gasteiger partial charge in [0.1, 0.15) is 5.82 Å². The summed E-state index contributed by atoms with van der Waals surface area (Å²) in [6.07, 6.45) is 5.06. The number of hydrogen-bond acceptors (Lipinski definition) is 4. The Kier molecular flexibility index (Phi) is 4.95. The van der Waals surface area contributed by atoms with E-state index >= 15 is 0 Å². The number of hydrogen-bond donors (Lipinski definition) is 2. The van der Waals surface area contributed by atoms with E-state index in [1.807, 2.05) is 6.92 Å². The standard InChI is InChI=1S/C15H22N2O3/c1-2-4-12-9-11(15(19)20)10-14(16-12)17(7-8-18)13-5-3-6-13/h9-10,13,18H,2-8H2,1H3,(H,19,20). The van der Waals surface area contributed by atoms with E-state index in [1.165, 1.54) is 6.42 Å². The Labute approximate surface area is 119 Å². The molecule has 1 heterocycles. The summed E-state index contributed by atoms with van der Waals surface area (Å²) in [5.41, 5.74) is 1.09. The zero-order chi connectivity index (χ0) is 14.5. The van der Waals surface area contributed by atoms with Gasteiger partial charge in [-0.1, -0.05) is 13.3 Å². The Morgan fingerprint density at radius 1 is 1.45 bits per heavy atom. The molecule has 0 saturated heterocycles. The molecule has 5 nitrogen and oxygen atoms in total. The maximum absolute atomic E-state index is 11.2. The van der Waals surface area contributed by atoms with Gasteiger partial charge in [-0.2, -0.15) is 0 Å². The number of aryl methyl sites for hydroxylation is 1. The molecule has 1 saturated carbocycles. The lowest BCUT2D eigenvalue weighted by Gasteiger charge is -2.38. The number of aliphatic hydroxyl groups excluding tert-OH is 1. The van der Waals surface area contributed by atoms with E-state index in [-0.39, 0.29) is 12.2 Å². The average molecular weight is 278 g/mol. The van der Waals surface area contributed by atoms with Crippen LogP contribution >= 0.6 is 0 Å². The molecule has 1 aromatic rings. The van der Waals surface area contributed by atoms with Crippen LogP contribution in [-0.4, -0.2) is 40.4 Å². The van der Waals surface area contributed by atoms with Crippen molar-refractivity contribution in [3.63, 3.8) is 0 Å². The van der Waals surface area contributed by atoms with E-state index < -0.39 is 5.97 Å². The first-order chi connectivity index (χ1) is 9.65. The average Bonchev–Trinajstić information content (AvgIpc) is 2.36. The van der Waals surface area contributed by atoms with Crippen LogP contribution in [0.25, 0.3) is 0 Å². The fourth-order valence-corrected chi connectivity index (χ4v) is 2.52. The molecule has 1 aromatic heterocycles. The van der Waals surface area contributed by atoms with Crippen LogP contribution in [0.4, 0.5) is 5.82 Å². The topological polar surface area (TPSA) is 73.7 Å². The van der Waals surface area contributed by atoms with Gasteiger partial charge >= 0.3 is 5.97 Å². The van der Waals surface area contributed by atoms with Crippen molar-refractivity contribution in [2.45, 2.75) is 45.1 Å². The van der Waals surface area contributed by atoms with Crippen LogP contribution in [-0.2, 0) is 6.42 Å². The first-order valence-corrected chi connectivity index (χ1v) is 7.27. The van der Waals surface area contributed by atoms with E-state index in [4.69, 9.17) is 0 Å². The smallest absolute Gasteiger partial charge is 0.335 e. The lowest BCUT2D eigenvalue weighted by Crippen LogP contribution is -2.42. The molecular weight excluding hydrogens is 256 g/mol. The van der Waals surface area contributed by atoms with Crippen LogP contribution in [0.15, 0.2) is 12.1 Å². The highest BCUT2D eigenvalue weighted by Crippen LogP contribution is 2.29. The molecule has 20 heavy (non-hydrogen) atoms. The molecule has 2 rings (SSSR count). The molecular formula is C15H22N2O3. The van der Waals surface area contributed by atoms with Crippen molar-refractivity contribution in [1.29, 1.82) is 0 Å². The summed E-state index contributed by atoms with van der Waals surface area (Å²) in [7, 11) is 0. The third kappa shape index (κ3) is 3.28. The summed E-state index contributed by atoms with van der Waals surface area (Å²) in [6, 6.07) is 3.65. The van der Waals surface area contributed by atoms with Crippen molar-refractivity contribution in [2.75, 3.05) is 18.1 Å². The van der Waals surface area contributed by atoms with Crippen LogP contribution in [0.3, 0.4) is 0 Å². The molecule has 0 radical (unpaired) electrons. The maximum atomic E-state index is 11.2. The number of pyridine rings is 1. The van der Waals surface area contributed by atoms with Gasteiger partial charge in [-0.15, -0.1) is 0 Å². The van der Waals surface area contributed by atoms with Gasteiger partial charge in [0.2, 0.25) is 0 Å². The van der Waals surface area contributed by atoms with Crippen LogP contribution in [0.1, 0.15) is 48.7 Å². The van der Waals surface area contributed by atoms with Crippen LogP contribution in [0, 0.1) is 0 Å². The predicted molar refractivity (Wildman–Crippen MR) is 77.3 cm³/mol. The highest BCUT2D eigenvalue weighted by Gasteiger charge is 2.26. The molecule has 2 N–H and O–H groups in total. The first kappa shape index (κ1) is 14.8. The van der Waals surface area contributed by atoms with Crippen LogP contribution < -0.4 is 4.90 Å². The maximum Gasteiger partial charge on any atom is 0.335 e. The molecule has 0 atom stereocenters. The molecule has 0 unspecified atom stereocenters. The number of aromatic carboxylic acids is 1. The van der Waals surface area contributed by atoms with Gasteiger partial charge in [0.05, 0.1) is 12.2 Å². The lowest BCUT2D eigenvalue weighted by molar-refractivity contribution is 0.0696. The second-order valence-corrected chi connectivity index (χ2v) is 5.26. The summed E-state index contributed by atoms with van der Waals surface area (Å²) in [4.78, 5) is 17.9. The van der Waals surface area contributed by atoms with Crippen LogP contribution in [0.2, 0.25) is 0 Å². The van der Waals surface area contributed by atoms with Crippen molar-refractivity contribution >= 4 is 11.8 Å². The number of carboxylic acids is 1. The zero-order valence-corrected chi connectivity index (χ0v) is 11.9. The van der Waals surface area contributed by atoms with Crippen LogP contribution in [0.5, 0.6) is 0 Å². The van der Waals surface area contributed by atoms with Gasteiger partial charge < -0.3 is 15.1 Å². The van der Waals surface area contributed by atoms with Gasteiger partial charge in [0, 0.05) is 18.3 Å². The molecule has 0 aliphatic heterocycles. The minimum atomic E-state index is -0.927. The third-order valence-corrected chi connectivity index (χ3v) is 3.77. The SMILES string of the molecule is CCCc1cc(C(=O)O)cc(N(CCO)C2CCC2)n1. The molecule has 1 aliphatic carbocycles. The Bertz CT molecular complexity index is 472. The largest absolute Gasteiger partial charge is 0.478 e. The third-order valence-electron chi connectivity index (χ3n) is 3.77. The van der Waals surface area contributed by atoms with Gasteiger partial charge in [-0.25, -0.2) is 9.78 Å². The number of rotatable bonds is 7. The number of aliphatic hydroxyl groups is 1. The summed E-state index contributed by atoms with van der Waals surface area (Å²) in [5, 5.41) is 18.5. The zero-order valence-electron chi connectivity index (χ0n) is 11.9.